The van der Waals surface area contributed by atoms with Crippen LogP contribution in [0.4, 0.5) is 34.1 Å². The molecule has 0 bridgehead atoms. The van der Waals surface area contributed by atoms with Crippen molar-refractivity contribution in [3.05, 3.63) is 193 Å². The zero-order chi connectivity index (χ0) is 40.5. The monoisotopic (exact) mass is 776 g/mol. The van der Waals surface area contributed by atoms with E-state index >= 15 is 0 Å². The molecule has 0 spiro atoms. The van der Waals surface area contributed by atoms with Crippen LogP contribution in [0.15, 0.2) is 191 Å². The Hall–Kier alpha value is -7.30. The molecule has 9 aromatic carbocycles. The summed E-state index contributed by atoms with van der Waals surface area (Å²) < 4.78 is 13.5. The van der Waals surface area contributed by atoms with Gasteiger partial charge in [-0.2, -0.15) is 0 Å². The van der Waals surface area contributed by atoms with E-state index in [0.29, 0.717) is 11.8 Å². The molecule has 0 unspecified atom stereocenters. The zero-order valence-corrected chi connectivity index (χ0v) is 34.2. The summed E-state index contributed by atoms with van der Waals surface area (Å²) in [4.78, 5) is 4.64. The third-order valence-corrected chi connectivity index (χ3v) is 12.1. The fourth-order valence-electron chi connectivity index (χ4n) is 8.90. The number of para-hydroxylation sites is 2. The minimum absolute atomic E-state index is 0.472. The molecule has 0 N–H and O–H groups in total. The second-order valence-corrected chi connectivity index (χ2v) is 16.6. The van der Waals surface area contributed by atoms with Crippen LogP contribution in [0.25, 0.3) is 65.4 Å². The van der Waals surface area contributed by atoms with Gasteiger partial charge in [0.15, 0.2) is 0 Å². The lowest BCUT2D eigenvalue weighted by molar-refractivity contribution is 0.663. The van der Waals surface area contributed by atoms with E-state index < -0.39 is 0 Å². The lowest BCUT2D eigenvalue weighted by Gasteiger charge is -2.26. The Balaban J connectivity index is 1.01. The van der Waals surface area contributed by atoms with Crippen LogP contribution in [0.2, 0.25) is 0 Å². The molecule has 11 rings (SSSR count). The zero-order valence-electron chi connectivity index (χ0n) is 34.2. The molecule has 0 aliphatic rings. The molecule has 2 heterocycles. The van der Waals surface area contributed by atoms with Crippen molar-refractivity contribution in [2.75, 3.05) is 9.80 Å². The van der Waals surface area contributed by atoms with Crippen molar-refractivity contribution < 1.29 is 8.83 Å². The smallest absolute Gasteiger partial charge is 0.147 e. The summed E-state index contributed by atoms with van der Waals surface area (Å²) in [5.41, 5.74) is 12.7. The van der Waals surface area contributed by atoms with Crippen molar-refractivity contribution in [1.29, 1.82) is 0 Å². The molecule has 4 heteroatoms. The summed E-state index contributed by atoms with van der Waals surface area (Å²) >= 11 is 0. The predicted molar refractivity (Wildman–Crippen MR) is 254 cm³/mol. The topological polar surface area (TPSA) is 32.8 Å². The highest BCUT2D eigenvalue weighted by Gasteiger charge is 2.20. The van der Waals surface area contributed by atoms with E-state index in [1.165, 1.54) is 11.1 Å². The average Bonchev–Trinajstić information content (AvgIpc) is 3.83. The maximum absolute atomic E-state index is 6.85. The van der Waals surface area contributed by atoms with Gasteiger partial charge in [0.1, 0.15) is 22.3 Å². The van der Waals surface area contributed by atoms with E-state index in [9.17, 15) is 0 Å². The number of hydrogen-bond donors (Lipinski definition) is 0. The van der Waals surface area contributed by atoms with Crippen molar-refractivity contribution in [2.45, 2.75) is 39.5 Å². The number of fused-ring (bicyclic) bond motifs is 9. The second kappa shape index (κ2) is 14.2. The molecule has 0 atom stereocenters. The maximum Gasteiger partial charge on any atom is 0.147 e. The molecule has 60 heavy (non-hydrogen) atoms. The van der Waals surface area contributed by atoms with Crippen LogP contribution in [0.3, 0.4) is 0 Å². The van der Waals surface area contributed by atoms with Gasteiger partial charge in [-0.05, 0) is 154 Å². The summed E-state index contributed by atoms with van der Waals surface area (Å²) in [6.45, 7) is 8.93. The molecule has 0 saturated carbocycles. The van der Waals surface area contributed by atoms with E-state index in [4.69, 9.17) is 8.83 Å². The average molecular weight is 777 g/mol. The molecular formula is C56H44N2O2. The third-order valence-electron chi connectivity index (χ3n) is 12.1. The first-order valence-corrected chi connectivity index (χ1v) is 21.0. The van der Waals surface area contributed by atoms with Crippen molar-refractivity contribution in [3.63, 3.8) is 0 Å². The summed E-state index contributed by atoms with van der Waals surface area (Å²) in [7, 11) is 0. The lowest BCUT2D eigenvalue weighted by atomic mass is 10.0. The Morgan fingerprint density at radius 1 is 0.333 bits per heavy atom. The summed E-state index contributed by atoms with van der Waals surface area (Å²) in [6, 6.07) is 65.6. The molecular weight excluding hydrogens is 733 g/mol. The van der Waals surface area contributed by atoms with E-state index in [2.05, 4.69) is 219 Å². The second-order valence-electron chi connectivity index (χ2n) is 16.6. The largest absolute Gasteiger partial charge is 0.456 e. The fourth-order valence-corrected chi connectivity index (χ4v) is 8.90. The fraction of sp³-hybridized carbons (Fsp3) is 0.107. The SMILES string of the molecule is CC(C)c1ccc(N(c2ccccc2)c2ccc3cc4c(cc3c2)oc2c4ccc3oc4cc5cc(N(c6ccccc6)c6ccc(C(C)C)cc6)ccc5cc4c32)cc1. The van der Waals surface area contributed by atoms with Crippen LogP contribution in [0.1, 0.15) is 50.7 Å². The van der Waals surface area contributed by atoms with E-state index in [0.717, 1.165) is 99.5 Å². The van der Waals surface area contributed by atoms with Crippen molar-refractivity contribution in [3.8, 4) is 0 Å². The Bertz CT molecular complexity index is 3360. The first-order chi connectivity index (χ1) is 29.4. The highest BCUT2D eigenvalue weighted by Crippen LogP contribution is 2.44. The van der Waals surface area contributed by atoms with Crippen LogP contribution in [-0.4, -0.2) is 0 Å². The maximum atomic E-state index is 6.85. The number of hydrogen-bond acceptors (Lipinski definition) is 4. The Morgan fingerprint density at radius 2 is 0.783 bits per heavy atom. The van der Waals surface area contributed by atoms with Crippen LogP contribution < -0.4 is 9.80 Å². The van der Waals surface area contributed by atoms with Gasteiger partial charge in [-0.15, -0.1) is 0 Å². The molecule has 0 radical (unpaired) electrons. The first kappa shape index (κ1) is 35.8. The summed E-state index contributed by atoms with van der Waals surface area (Å²) in [6.07, 6.45) is 0. The number of nitrogens with zero attached hydrogens (tertiary/aromatic N) is 2. The number of anilines is 6. The molecule has 0 amide bonds. The normalized spacial score (nSPS) is 12.0. The lowest BCUT2D eigenvalue weighted by Crippen LogP contribution is -2.09. The van der Waals surface area contributed by atoms with Crippen LogP contribution in [0, 0.1) is 0 Å². The van der Waals surface area contributed by atoms with Gasteiger partial charge in [0.25, 0.3) is 0 Å². The van der Waals surface area contributed by atoms with E-state index in [1.807, 2.05) is 0 Å². The first-order valence-electron chi connectivity index (χ1n) is 21.0. The molecule has 290 valence electrons. The van der Waals surface area contributed by atoms with Gasteiger partial charge in [-0.3, -0.25) is 0 Å². The Kier molecular flexibility index (Phi) is 8.49. The highest BCUT2D eigenvalue weighted by atomic mass is 16.3. The molecule has 0 aliphatic carbocycles. The summed E-state index contributed by atoms with van der Waals surface area (Å²) in [5.74, 6) is 0.945. The van der Waals surface area contributed by atoms with Crippen LogP contribution in [0.5, 0.6) is 0 Å². The third kappa shape index (κ3) is 6.06. The quantitative estimate of drug-likeness (QED) is 0.154. The van der Waals surface area contributed by atoms with Crippen LogP contribution in [-0.2, 0) is 0 Å². The number of benzene rings is 9. The van der Waals surface area contributed by atoms with E-state index in [-0.39, 0.29) is 0 Å². The van der Waals surface area contributed by atoms with Gasteiger partial charge in [-0.25, -0.2) is 0 Å². The van der Waals surface area contributed by atoms with Crippen molar-refractivity contribution in [2.24, 2.45) is 0 Å². The number of furan rings is 2. The number of rotatable bonds is 8. The van der Waals surface area contributed by atoms with Gasteiger partial charge in [0.05, 0.1) is 5.39 Å². The molecule has 2 aromatic heterocycles. The highest BCUT2D eigenvalue weighted by molar-refractivity contribution is 6.24. The van der Waals surface area contributed by atoms with Crippen molar-refractivity contribution >= 4 is 99.5 Å². The minimum Gasteiger partial charge on any atom is -0.456 e. The van der Waals surface area contributed by atoms with E-state index in [1.54, 1.807) is 0 Å². The Morgan fingerprint density at radius 3 is 1.28 bits per heavy atom. The van der Waals surface area contributed by atoms with Gasteiger partial charge in [-0.1, -0.05) is 100 Å². The molecule has 0 saturated heterocycles. The standard InChI is InChI=1S/C56H44N2O2/c1-35(2)37-15-21-45(22-16-37)57(43-11-7-5-8-12-43)47-25-19-39-31-50-49-27-28-52-55(56(49)60-53(50)33-41(39)29-47)51-32-40-20-26-48(30-42(40)34-54(51)59-52)58(44-13-9-6-10-14-44)46-23-17-38(18-24-46)36(3)4/h5-36H,1-4H3. The predicted octanol–water partition coefficient (Wildman–Crippen LogP) is 17.0. The molecule has 4 nitrogen and oxygen atoms in total. The summed E-state index contributed by atoms with van der Waals surface area (Å²) in [5, 5.41) is 8.77. The van der Waals surface area contributed by atoms with Gasteiger partial charge < -0.3 is 18.6 Å². The molecule has 11 aromatic rings. The van der Waals surface area contributed by atoms with Crippen molar-refractivity contribution in [1.82, 2.24) is 0 Å². The molecule has 0 fully saturated rings. The Labute approximate surface area is 349 Å². The van der Waals surface area contributed by atoms with Gasteiger partial charge in [0, 0.05) is 50.3 Å². The van der Waals surface area contributed by atoms with Gasteiger partial charge >= 0.3 is 0 Å². The minimum atomic E-state index is 0.472. The molecule has 0 aliphatic heterocycles. The van der Waals surface area contributed by atoms with Gasteiger partial charge in [0.2, 0.25) is 0 Å². The van der Waals surface area contributed by atoms with Crippen LogP contribution >= 0.6 is 0 Å².